The molecule has 0 atom stereocenters. The molecule has 7 heteroatoms. The number of aryl methyl sites for hydroxylation is 1. The van der Waals surface area contributed by atoms with Crippen LogP contribution in [0.5, 0.6) is 5.75 Å². The first kappa shape index (κ1) is 19.4. The number of esters is 1. The highest BCUT2D eigenvalue weighted by Crippen LogP contribution is 2.32. The summed E-state index contributed by atoms with van der Waals surface area (Å²) in [6, 6.07) is 13.6. The molecule has 158 valence electrons. The van der Waals surface area contributed by atoms with Crippen LogP contribution in [0, 0.1) is 6.92 Å². The molecule has 2 aliphatic heterocycles. The zero-order valence-electron chi connectivity index (χ0n) is 17.6. The first-order valence-electron chi connectivity index (χ1n) is 10.5. The van der Waals surface area contributed by atoms with Gasteiger partial charge in [0.1, 0.15) is 11.4 Å². The summed E-state index contributed by atoms with van der Waals surface area (Å²) in [5.74, 6) is 0.173. The summed E-state index contributed by atoms with van der Waals surface area (Å²) in [5.41, 5.74) is 5.02. The predicted molar refractivity (Wildman–Crippen MR) is 115 cm³/mol. The SMILES string of the molecule is CCOC(=O)c1nn(-c2ccc3c(c2)CCO3)c2c1CCN(c1ccc(C)cc1)C2=O. The van der Waals surface area contributed by atoms with Crippen molar-refractivity contribution in [1.82, 2.24) is 9.78 Å². The lowest BCUT2D eigenvalue weighted by Gasteiger charge is -2.28. The molecule has 31 heavy (non-hydrogen) atoms. The molecule has 1 aromatic heterocycles. The Kier molecular flexibility index (Phi) is 4.73. The van der Waals surface area contributed by atoms with Crippen LogP contribution in [0.4, 0.5) is 5.69 Å². The van der Waals surface area contributed by atoms with E-state index in [-0.39, 0.29) is 18.2 Å². The van der Waals surface area contributed by atoms with Crippen molar-refractivity contribution in [1.29, 1.82) is 0 Å². The predicted octanol–water partition coefficient (Wildman–Crippen LogP) is 3.50. The van der Waals surface area contributed by atoms with Crippen LogP contribution in [0.1, 0.15) is 44.6 Å². The zero-order valence-corrected chi connectivity index (χ0v) is 17.6. The van der Waals surface area contributed by atoms with Gasteiger partial charge in [0, 0.05) is 24.2 Å². The minimum Gasteiger partial charge on any atom is -0.493 e. The second kappa shape index (κ2) is 7.58. The molecule has 2 aliphatic rings. The number of amides is 1. The number of anilines is 1. The van der Waals surface area contributed by atoms with Crippen LogP contribution in [0.3, 0.4) is 0 Å². The lowest BCUT2D eigenvalue weighted by molar-refractivity contribution is 0.0517. The van der Waals surface area contributed by atoms with E-state index in [2.05, 4.69) is 5.10 Å². The monoisotopic (exact) mass is 417 g/mol. The van der Waals surface area contributed by atoms with Crippen molar-refractivity contribution in [3.05, 3.63) is 70.5 Å². The summed E-state index contributed by atoms with van der Waals surface area (Å²) >= 11 is 0. The molecular formula is C24H23N3O4. The van der Waals surface area contributed by atoms with Crippen LogP contribution in [0.15, 0.2) is 42.5 Å². The topological polar surface area (TPSA) is 73.7 Å². The van der Waals surface area contributed by atoms with E-state index in [0.29, 0.717) is 30.8 Å². The Labute approximate surface area is 180 Å². The van der Waals surface area contributed by atoms with E-state index < -0.39 is 5.97 Å². The summed E-state index contributed by atoms with van der Waals surface area (Å²) in [6.07, 6.45) is 1.33. The standard InChI is InChI=1S/C24H23N3O4/c1-3-30-24(29)21-19-10-12-26(17-6-4-15(2)5-7-17)23(28)22(19)27(25-21)18-8-9-20-16(14-18)11-13-31-20/h4-9,14H,3,10-13H2,1-2H3. The second-order valence-corrected chi connectivity index (χ2v) is 7.74. The summed E-state index contributed by atoms with van der Waals surface area (Å²) in [6.45, 7) is 5.14. The Morgan fingerprint density at radius 1 is 1.13 bits per heavy atom. The molecule has 0 aliphatic carbocycles. The average Bonchev–Trinajstić information content (AvgIpc) is 3.39. The number of hydrogen-bond acceptors (Lipinski definition) is 5. The normalized spacial score (nSPS) is 14.8. The minimum absolute atomic E-state index is 0.176. The van der Waals surface area contributed by atoms with Crippen molar-refractivity contribution in [3.63, 3.8) is 0 Å². The fourth-order valence-corrected chi connectivity index (χ4v) is 4.19. The van der Waals surface area contributed by atoms with E-state index in [1.165, 1.54) is 0 Å². The number of fused-ring (bicyclic) bond motifs is 2. The van der Waals surface area contributed by atoms with E-state index in [0.717, 1.165) is 34.7 Å². The number of carbonyl (C=O) groups excluding carboxylic acids is 2. The molecule has 7 nitrogen and oxygen atoms in total. The Morgan fingerprint density at radius 2 is 1.90 bits per heavy atom. The van der Waals surface area contributed by atoms with Gasteiger partial charge in [0.15, 0.2) is 5.69 Å². The molecule has 2 aromatic carbocycles. The van der Waals surface area contributed by atoms with Gasteiger partial charge >= 0.3 is 5.97 Å². The number of aromatic nitrogens is 2. The summed E-state index contributed by atoms with van der Waals surface area (Å²) in [4.78, 5) is 28.0. The number of carbonyl (C=O) groups is 2. The lowest BCUT2D eigenvalue weighted by Crippen LogP contribution is -2.39. The van der Waals surface area contributed by atoms with E-state index >= 15 is 0 Å². The van der Waals surface area contributed by atoms with Gasteiger partial charge in [0.2, 0.25) is 0 Å². The molecule has 0 spiro atoms. The second-order valence-electron chi connectivity index (χ2n) is 7.74. The van der Waals surface area contributed by atoms with E-state index in [1.54, 1.807) is 16.5 Å². The Bertz CT molecular complexity index is 1180. The van der Waals surface area contributed by atoms with Gasteiger partial charge in [-0.15, -0.1) is 0 Å². The van der Waals surface area contributed by atoms with Gasteiger partial charge in [-0.2, -0.15) is 5.10 Å². The molecule has 0 bridgehead atoms. The first-order chi connectivity index (χ1) is 15.1. The number of ether oxygens (including phenoxy) is 2. The highest BCUT2D eigenvalue weighted by molar-refractivity contribution is 6.09. The van der Waals surface area contributed by atoms with E-state index in [9.17, 15) is 9.59 Å². The molecule has 3 aromatic rings. The zero-order chi connectivity index (χ0) is 21.5. The van der Waals surface area contributed by atoms with E-state index in [1.807, 2.05) is 49.4 Å². The minimum atomic E-state index is -0.501. The summed E-state index contributed by atoms with van der Waals surface area (Å²) in [7, 11) is 0. The lowest BCUT2D eigenvalue weighted by atomic mass is 10.0. The van der Waals surface area contributed by atoms with Crippen LogP contribution in [0.2, 0.25) is 0 Å². The Morgan fingerprint density at radius 3 is 2.68 bits per heavy atom. The molecule has 0 saturated heterocycles. The van der Waals surface area contributed by atoms with Crippen LogP contribution in [0.25, 0.3) is 5.69 Å². The van der Waals surface area contributed by atoms with Crippen LogP contribution < -0.4 is 9.64 Å². The smallest absolute Gasteiger partial charge is 0.359 e. The van der Waals surface area contributed by atoms with Crippen LogP contribution in [-0.4, -0.2) is 41.4 Å². The maximum atomic E-state index is 13.6. The van der Waals surface area contributed by atoms with Crippen LogP contribution in [-0.2, 0) is 17.6 Å². The van der Waals surface area contributed by atoms with Crippen molar-refractivity contribution in [2.75, 3.05) is 24.7 Å². The van der Waals surface area contributed by atoms with Gasteiger partial charge in [-0.05, 0) is 56.2 Å². The number of rotatable bonds is 4. The quantitative estimate of drug-likeness (QED) is 0.608. The molecule has 5 rings (SSSR count). The summed E-state index contributed by atoms with van der Waals surface area (Å²) in [5, 5.41) is 4.55. The van der Waals surface area contributed by atoms with Gasteiger partial charge in [-0.1, -0.05) is 17.7 Å². The molecule has 0 fully saturated rings. The number of hydrogen-bond donors (Lipinski definition) is 0. The molecule has 0 unspecified atom stereocenters. The van der Waals surface area contributed by atoms with Gasteiger partial charge in [0.05, 0.1) is 18.9 Å². The van der Waals surface area contributed by atoms with Crippen molar-refractivity contribution in [2.24, 2.45) is 0 Å². The third kappa shape index (κ3) is 3.26. The number of benzene rings is 2. The fraction of sp³-hybridized carbons (Fsp3) is 0.292. The third-order valence-corrected chi connectivity index (χ3v) is 5.75. The van der Waals surface area contributed by atoms with Gasteiger partial charge in [-0.3, -0.25) is 4.79 Å². The fourth-order valence-electron chi connectivity index (χ4n) is 4.19. The van der Waals surface area contributed by atoms with Crippen LogP contribution >= 0.6 is 0 Å². The summed E-state index contributed by atoms with van der Waals surface area (Å²) < 4.78 is 12.4. The average molecular weight is 417 g/mol. The van der Waals surface area contributed by atoms with Gasteiger partial charge in [-0.25, -0.2) is 9.48 Å². The Balaban J connectivity index is 1.63. The maximum Gasteiger partial charge on any atom is 0.359 e. The van der Waals surface area contributed by atoms with E-state index in [4.69, 9.17) is 9.47 Å². The first-order valence-corrected chi connectivity index (χ1v) is 10.5. The highest BCUT2D eigenvalue weighted by atomic mass is 16.5. The maximum absolute atomic E-state index is 13.6. The molecule has 0 radical (unpaired) electrons. The third-order valence-electron chi connectivity index (χ3n) is 5.75. The Hall–Kier alpha value is -3.61. The molecule has 1 amide bonds. The molecule has 0 saturated carbocycles. The van der Waals surface area contributed by atoms with Crippen molar-refractivity contribution in [2.45, 2.75) is 26.7 Å². The highest BCUT2D eigenvalue weighted by Gasteiger charge is 2.35. The molecule has 0 N–H and O–H groups in total. The largest absolute Gasteiger partial charge is 0.493 e. The van der Waals surface area contributed by atoms with Crippen molar-refractivity contribution < 1.29 is 19.1 Å². The van der Waals surface area contributed by atoms with Crippen molar-refractivity contribution in [3.8, 4) is 11.4 Å². The van der Waals surface area contributed by atoms with Gasteiger partial charge in [0.25, 0.3) is 5.91 Å². The number of nitrogens with zero attached hydrogens (tertiary/aromatic N) is 3. The molecular weight excluding hydrogens is 394 g/mol. The van der Waals surface area contributed by atoms with Crippen molar-refractivity contribution >= 4 is 17.6 Å². The van der Waals surface area contributed by atoms with Gasteiger partial charge < -0.3 is 14.4 Å². The molecule has 3 heterocycles.